The molecule has 4 rings (SSSR count). The van der Waals surface area contributed by atoms with Crippen LogP contribution in [0.3, 0.4) is 0 Å². The maximum Gasteiger partial charge on any atom is 0.251 e. The van der Waals surface area contributed by atoms with Crippen molar-refractivity contribution in [3.63, 3.8) is 0 Å². The number of aromatic nitrogens is 3. The first kappa shape index (κ1) is 26.3. The van der Waals surface area contributed by atoms with E-state index >= 15 is 0 Å². The molecule has 0 saturated carbocycles. The predicted octanol–water partition coefficient (Wildman–Crippen LogP) is 6.58. The maximum absolute atomic E-state index is 12.9. The molecule has 0 radical (unpaired) electrons. The Labute approximate surface area is 231 Å². The minimum absolute atomic E-state index is 0.129. The molecule has 0 aliphatic rings. The molecule has 4 aromatic rings. The Kier molecular flexibility index (Phi) is 8.79. The van der Waals surface area contributed by atoms with Crippen LogP contribution >= 0.6 is 50.9 Å². The predicted molar refractivity (Wildman–Crippen MR) is 146 cm³/mol. The molecule has 0 fully saturated rings. The molecule has 3 aromatic carbocycles. The van der Waals surface area contributed by atoms with Gasteiger partial charge in [-0.05, 0) is 48.0 Å². The van der Waals surface area contributed by atoms with Gasteiger partial charge in [-0.25, -0.2) is 0 Å². The molecule has 0 bridgehead atoms. The smallest absolute Gasteiger partial charge is 0.251 e. The van der Waals surface area contributed by atoms with E-state index in [-0.39, 0.29) is 12.5 Å². The molecule has 1 heterocycles. The lowest BCUT2D eigenvalue weighted by Gasteiger charge is -2.12. The van der Waals surface area contributed by atoms with Gasteiger partial charge in [-0.15, -0.1) is 10.2 Å². The van der Waals surface area contributed by atoms with Crippen LogP contribution in [0, 0.1) is 0 Å². The third-order valence-corrected chi connectivity index (χ3v) is 7.43. The summed E-state index contributed by atoms with van der Waals surface area (Å²) in [7, 11) is 3.06. The van der Waals surface area contributed by atoms with Crippen LogP contribution in [0.15, 0.2) is 70.3 Å². The molecule has 7 nitrogen and oxygen atoms in total. The highest BCUT2D eigenvalue weighted by atomic mass is 79.9. The SMILES string of the molecule is COc1cc(OC)cc(C(=O)NCc2nnc(SCc3ccc(Br)cc3)n2-c2ccc(Cl)c(Cl)c2)c1. The van der Waals surface area contributed by atoms with E-state index in [2.05, 4.69) is 31.4 Å². The summed E-state index contributed by atoms with van der Waals surface area (Å²) >= 11 is 17.4. The second-order valence-electron chi connectivity index (χ2n) is 7.53. The average molecular weight is 608 g/mol. The first-order valence-electron chi connectivity index (χ1n) is 10.7. The lowest BCUT2D eigenvalue weighted by molar-refractivity contribution is 0.0949. The van der Waals surface area contributed by atoms with Crippen molar-refractivity contribution < 1.29 is 14.3 Å². The van der Waals surface area contributed by atoms with Gasteiger partial charge in [0.15, 0.2) is 11.0 Å². The minimum atomic E-state index is -0.306. The minimum Gasteiger partial charge on any atom is -0.497 e. The molecule has 0 unspecified atom stereocenters. The highest BCUT2D eigenvalue weighted by molar-refractivity contribution is 9.10. The number of hydrogen-bond donors (Lipinski definition) is 1. The van der Waals surface area contributed by atoms with Crippen molar-refractivity contribution in [3.05, 3.63) is 92.1 Å². The zero-order chi connectivity index (χ0) is 25.7. The summed E-state index contributed by atoms with van der Waals surface area (Å²) in [6.07, 6.45) is 0. The fraction of sp³-hybridized carbons (Fsp3) is 0.160. The standard InChI is InChI=1S/C25H21BrCl2N4O3S/c1-34-19-9-16(10-20(12-19)35-2)24(33)29-13-23-30-31-25(36-14-15-3-5-17(26)6-4-15)32(23)18-7-8-21(27)22(28)11-18/h3-12H,13-14H2,1-2H3,(H,29,33). The number of nitrogens with zero attached hydrogens (tertiary/aromatic N) is 3. The summed E-state index contributed by atoms with van der Waals surface area (Å²) in [5.41, 5.74) is 2.27. The normalized spacial score (nSPS) is 10.8. The molecule has 1 aromatic heterocycles. The number of halogens is 3. The van der Waals surface area contributed by atoms with Gasteiger partial charge >= 0.3 is 0 Å². The first-order valence-corrected chi connectivity index (χ1v) is 13.2. The van der Waals surface area contributed by atoms with Gasteiger partial charge in [0.25, 0.3) is 5.91 Å². The van der Waals surface area contributed by atoms with Crippen molar-refractivity contribution in [2.45, 2.75) is 17.5 Å². The third kappa shape index (κ3) is 6.34. The van der Waals surface area contributed by atoms with E-state index in [0.29, 0.717) is 43.8 Å². The van der Waals surface area contributed by atoms with Crippen LogP contribution in [-0.2, 0) is 12.3 Å². The number of nitrogens with one attached hydrogen (secondary N) is 1. The van der Waals surface area contributed by atoms with E-state index < -0.39 is 0 Å². The highest BCUT2D eigenvalue weighted by Gasteiger charge is 2.18. The maximum atomic E-state index is 12.9. The monoisotopic (exact) mass is 606 g/mol. The summed E-state index contributed by atoms with van der Waals surface area (Å²) in [6, 6.07) is 18.3. The van der Waals surface area contributed by atoms with E-state index in [1.807, 2.05) is 34.9 Å². The van der Waals surface area contributed by atoms with Crippen molar-refractivity contribution in [2.24, 2.45) is 0 Å². The Hall–Kier alpha value is -2.72. The van der Waals surface area contributed by atoms with Gasteiger partial charge in [0, 0.05) is 21.9 Å². The number of carbonyl (C=O) groups excluding carboxylic acids is 1. The second-order valence-corrected chi connectivity index (χ2v) is 10.2. The summed E-state index contributed by atoms with van der Waals surface area (Å²) in [5, 5.41) is 13.1. The highest BCUT2D eigenvalue weighted by Crippen LogP contribution is 2.30. The van der Waals surface area contributed by atoms with Crippen LogP contribution in [0.2, 0.25) is 10.0 Å². The fourth-order valence-corrected chi connectivity index (χ4v) is 4.80. The molecule has 1 N–H and O–H groups in total. The summed E-state index contributed by atoms with van der Waals surface area (Å²) in [4.78, 5) is 12.9. The number of rotatable bonds is 9. The number of benzene rings is 3. The van der Waals surface area contributed by atoms with E-state index in [9.17, 15) is 4.79 Å². The lowest BCUT2D eigenvalue weighted by Crippen LogP contribution is -2.24. The molecule has 0 aliphatic carbocycles. The Balaban J connectivity index is 1.59. The molecule has 0 saturated heterocycles. The van der Waals surface area contributed by atoms with Gasteiger partial charge in [-0.1, -0.05) is 63.0 Å². The van der Waals surface area contributed by atoms with Gasteiger partial charge in [0.2, 0.25) is 0 Å². The van der Waals surface area contributed by atoms with E-state index in [0.717, 1.165) is 15.7 Å². The topological polar surface area (TPSA) is 78.3 Å². The van der Waals surface area contributed by atoms with Gasteiger partial charge in [-0.2, -0.15) is 0 Å². The summed E-state index contributed by atoms with van der Waals surface area (Å²) < 4.78 is 13.4. The number of methoxy groups -OCH3 is 2. The molecule has 0 aliphatic heterocycles. The fourth-order valence-electron chi connectivity index (χ4n) is 3.32. The van der Waals surface area contributed by atoms with Crippen molar-refractivity contribution in [1.82, 2.24) is 20.1 Å². The molecule has 0 atom stereocenters. The molecular weight excluding hydrogens is 587 g/mol. The molecule has 11 heteroatoms. The second kappa shape index (κ2) is 12.0. The number of hydrogen-bond acceptors (Lipinski definition) is 6. The number of amides is 1. The zero-order valence-corrected chi connectivity index (χ0v) is 23.2. The van der Waals surface area contributed by atoms with Crippen molar-refractivity contribution in [3.8, 4) is 17.2 Å². The molecule has 186 valence electrons. The van der Waals surface area contributed by atoms with Crippen LogP contribution in [0.25, 0.3) is 5.69 Å². The molecule has 1 amide bonds. The molecular formula is C25H21BrCl2N4O3S. The van der Waals surface area contributed by atoms with Gasteiger partial charge in [-0.3, -0.25) is 9.36 Å². The Bertz CT molecular complexity index is 1360. The summed E-state index contributed by atoms with van der Waals surface area (Å²) in [6.45, 7) is 0.129. The van der Waals surface area contributed by atoms with Crippen LogP contribution in [-0.4, -0.2) is 34.9 Å². The lowest BCUT2D eigenvalue weighted by atomic mass is 10.2. The van der Waals surface area contributed by atoms with Crippen LogP contribution in [0.5, 0.6) is 11.5 Å². The van der Waals surface area contributed by atoms with E-state index in [4.69, 9.17) is 32.7 Å². The number of carbonyl (C=O) groups is 1. The van der Waals surface area contributed by atoms with Crippen molar-refractivity contribution in [2.75, 3.05) is 14.2 Å². The van der Waals surface area contributed by atoms with Crippen LogP contribution < -0.4 is 14.8 Å². The van der Waals surface area contributed by atoms with Gasteiger partial charge < -0.3 is 14.8 Å². The molecule has 0 spiro atoms. The van der Waals surface area contributed by atoms with Gasteiger partial charge in [0.1, 0.15) is 11.5 Å². The Morgan fingerprint density at radius 1 is 0.972 bits per heavy atom. The number of thioether (sulfide) groups is 1. The third-order valence-electron chi connectivity index (χ3n) is 5.16. The van der Waals surface area contributed by atoms with E-state index in [1.54, 1.807) is 30.3 Å². The van der Waals surface area contributed by atoms with E-state index in [1.165, 1.54) is 26.0 Å². The van der Waals surface area contributed by atoms with Crippen LogP contribution in [0.4, 0.5) is 0 Å². The zero-order valence-electron chi connectivity index (χ0n) is 19.3. The average Bonchev–Trinajstić information content (AvgIpc) is 3.30. The van der Waals surface area contributed by atoms with Crippen molar-refractivity contribution in [1.29, 1.82) is 0 Å². The van der Waals surface area contributed by atoms with Crippen LogP contribution in [0.1, 0.15) is 21.7 Å². The Morgan fingerprint density at radius 3 is 2.31 bits per heavy atom. The van der Waals surface area contributed by atoms with Gasteiger partial charge in [0.05, 0.1) is 36.5 Å². The number of ether oxygens (including phenoxy) is 2. The first-order chi connectivity index (χ1) is 17.4. The summed E-state index contributed by atoms with van der Waals surface area (Å²) in [5.74, 6) is 1.95. The largest absolute Gasteiger partial charge is 0.497 e. The van der Waals surface area contributed by atoms with Crippen molar-refractivity contribution >= 4 is 56.8 Å². The molecule has 36 heavy (non-hydrogen) atoms. The Morgan fingerprint density at radius 2 is 1.67 bits per heavy atom. The quantitative estimate of drug-likeness (QED) is 0.217.